The number of aryl methyl sites for hydroxylation is 1. The van der Waals surface area contributed by atoms with Crippen LogP contribution in [0.3, 0.4) is 0 Å². The molecule has 5 rings (SSSR count). The molecule has 0 aliphatic carbocycles. The molecule has 0 saturated heterocycles. The summed E-state index contributed by atoms with van der Waals surface area (Å²) in [5.74, 6) is 0.847. The Kier molecular flexibility index (Phi) is 4.39. The number of hydrogen-bond donors (Lipinski definition) is 0. The Morgan fingerprint density at radius 3 is 2.74 bits per heavy atom. The Morgan fingerprint density at radius 1 is 0.963 bits per heavy atom. The summed E-state index contributed by atoms with van der Waals surface area (Å²) in [6, 6.07) is 19.1. The van der Waals surface area contributed by atoms with Gasteiger partial charge in [-0.3, -0.25) is 0 Å². The highest BCUT2D eigenvalue weighted by Crippen LogP contribution is 2.38. The molecular formula is C21H15N3S3. The number of nitrogens with zero attached hydrogens (tertiary/aromatic N) is 3. The standard InChI is InChI=1S/C21H15N3S3/c1-13-22-19-20(27-13)18(17-10-5-11-25-17)23-24-21(19)26-12-15-8-4-7-14-6-2-3-9-16(14)15/h2-11H,12H2,1H3. The third-order valence-electron chi connectivity index (χ3n) is 4.39. The minimum atomic E-state index is 0.847. The number of thiophene rings is 1. The lowest BCUT2D eigenvalue weighted by molar-refractivity contribution is 0.957. The maximum atomic E-state index is 4.76. The van der Waals surface area contributed by atoms with E-state index in [1.165, 1.54) is 16.3 Å². The van der Waals surface area contributed by atoms with Crippen LogP contribution in [0.4, 0.5) is 0 Å². The SMILES string of the molecule is Cc1nc2c(SCc3cccc4ccccc34)nnc(-c3cccs3)c2s1. The van der Waals surface area contributed by atoms with Gasteiger partial charge in [-0.25, -0.2) is 4.98 Å². The molecule has 0 bridgehead atoms. The Balaban J connectivity index is 1.53. The van der Waals surface area contributed by atoms with E-state index < -0.39 is 0 Å². The zero-order valence-corrected chi connectivity index (χ0v) is 17.0. The summed E-state index contributed by atoms with van der Waals surface area (Å²) in [6.07, 6.45) is 0. The zero-order chi connectivity index (χ0) is 18.2. The molecular weight excluding hydrogens is 390 g/mol. The first-order valence-electron chi connectivity index (χ1n) is 8.57. The molecule has 0 N–H and O–H groups in total. The van der Waals surface area contributed by atoms with E-state index in [0.717, 1.165) is 36.6 Å². The third kappa shape index (κ3) is 3.14. The number of thioether (sulfide) groups is 1. The zero-order valence-electron chi connectivity index (χ0n) is 14.5. The Labute approximate surface area is 169 Å². The largest absolute Gasteiger partial charge is 0.238 e. The first kappa shape index (κ1) is 16.9. The molecule has 0 fully saturated rings. The number of benzene rings is 2. The lowest BCUT2D eigenvalue weighted by Gasteiger charge is -2.07. The summed E-state index contributed by atoms with van der Waals surface area (Å²) >= 11 is 5.09. The smallest absolute Gasteiger partial charge is 0.146 e. The van der Waals surface area contributed by atoms with Gasteiger partial charge in [0.25, 0.3) is 0 Å². The van der Waals surface area contributed by atoms with E-state index >= 15 is 0 Å². The number of rotatable bonds is 4. The molecule has 132 valence electrons. The van der Waals surface area contributed by atoms with Gasteiger partial charge in [0, 0.05) is 5.75 Å². The highest BCUT2D eigenvalue weighted by atomic mass is 32.2. The predicted molar refractivity (Wildman–Crippen MR) is 117 cm³/mol. The monoisotopic (exact) mass is 405 g/mol. The number of thiazole rings is 1. The second-order valence-electron chi connectivity index (χ2n) is 6.17. The minimum absolute atomic E-state index is 0.847. The van der Waals surface area contributed by atoms with Crippen molar-refractivity contribution in [2.24, 2.45) is 0 Å². The van der Waals surface area contributed by atoms with Crippen LogP contribution in [0, 0.1) is 6.92 Å². The van der Waals surface area contributed by atoms with Crippen molar-refractivity contribution in [2.45, 2.75) is 17.7 Å². The maximum absolute atomic E-state index is 4.76. The van der Waals surface area contributed by atoms with E-state index in [4.69, 9.17) is 4.98 Å². The van der Waals surface area contributed by atoms with E-state index in [1.54, 1.807) is 34.4 Å². The highest BCUT2D eigenvalue weighted by molar-refractivity contribution is 7.98. The molecule has 6 heteroatoms. The Bertz CT molecular complexity index is 1240. The van der Waals surface area contributed by atoms with Crippen molar-refractivity contribution in [2.75, 3.05) is 0 Å². The Morgan fingerprint density at radius 2 is 1.85 bits per heavy atom. The van der Waals surface area contributed by atoms with E-state index in [9.17, 15) is 0 Å². The lowest BCUT2D eigenvalue weighted by atomic mass is 10.1. The first-order chi connectivity index (χ1) is 13.3. The normalized spacial score (nSPS) is 11.4. The van der Waals surface area contributed by atoms with Crippen molar-refractivity contribution in [1.29, 1.82) is 0 Å². The summed E-state index contributed by atoms with van der Waals surface area (Å²) in [4.78, 5) is 5.90. The average Bonchev–Trinajstić information content (AvgIpc) is 3.35. The average molecular weight is 406 g/mol. The molecule has 0 amide bonds. The molecule has 0 atom stereocenters. The molecule has 0 spiro atoms. The van der Waals surface area contributed by atoms with Gasteiger partial charge < -0.3 is 0 Å². The molecule has 2 aromatic carbocycles. The van der Waals surface area contributed by atoms with Gasteiger partial charge in [0.05, 0.1) is 14.6 Å². The van der Waals surface area contributed by atoms with Gasteiger partial charge in [-0.05, 0) is 34.7 Å². The predicted octanol–water partition coefficient (Wildman–Crippen LogP) is 6.57. The summed E-state index contributed by atoms with van der Waals surface area (Å²) in [5.41, 5.74) is 3.23. The van der Waals surface area contributed by atoms with Crippen LogP contribution < -0.4 is 0 Å². The molecule has 0 unspecified atom stereocenters. The number of fused-ring (bicyclic) bond motifs is 2. The summed E-state index contributed by atoms with van der Waals surface area (Å²) in [6.45, 7) is 2.04. The van der Waals surface area contributed by atoms with Crippen LogP contribution in [-0.2, 0) is 5.75 Å². The van der Waals surface area contributed by atoms with Crippen LogP contribution in [-0.4, -0.2) is 15.2 Å². The van der Waals surface area contributed by atoms with Gasteiger partial charge in [-0.2, -0.15) is 0 Å². The molecule has 3 nitrogen and oxygen atoms in total. The fourth-order valence-corrected chi connectivity index (χ4v) is 5.85. The van der Waals surface area contributed by atoms with Crippen LogP contribution in [0.1, 0.15) is 10.6 Å². The van der Waals surface area contributed by atoms with Gasteiger partial charge in [0.1, 0.15) is 16.2 Å². The Hall–Kier alpha value is -2.28. The molecule has 5 aromatic rings. The molecule has 0 saturated carbocycles. The van der Waals surface area contributed by atoms with E-state index in [2.05, 4.69) is 64.1 Å². The van der Waals surface area contributed by atoms with Crippen LogP contribution in [0.5, 0.6) is 0 Å². The second kappa shape index (κ2) is 7.03. The molecule has 3 aromatic heterocycles. The quantitative estimate of drug-likeness (QED) is 0.317. The molecule has 0 aliphatic rings. The summed E-state index contributed by atoms with van der Waals surface area (Å²) in [7, 11) is 0. The fraction of sp³-hybridized carbons (Fsp3) is 0.0952. The van der Waals surface area contributed by atoms with Crippen molar-refractivity contribution < 1.29 is 0 Å². The number of aromatic nitrogens is 3. The van der Waals surface area contributed by atoms with E-state index in [0.29, 0.717) is 0 Å². The first-order valence-corrected chi connectivity index (χ1v) is 11.2. The van der Waals surface area contributed by atoms with Crippen molar-refractivity contribution in [3.63, 3.8) is 0 Å². The van der Waals surface area contributed by atoms with E-state index in [-0.39, 0.29) is 0 Å². The number of hydrogen-bond acceptors (Lipinski definition) is 6. The third-order valence-corrected chi connectivity index (χ3v) is 7.25. The lowest BCUT2D eigenvalue weighted by Crippen LogP contribution is -1.92. The van der Waals surface area contributed by atoms with Crippen LogP contribution in [0.2, 0.25) is 0 Å². The van der Waals surface area contributed by atoms with Crippen LogP contribution >= 0.6 is 34.4 Å². The second-order valence-corrected chi connectivity index (χ2v) is 9.28. The maximum Gasteiger partial charge on any atom is 0.146 e. The van der Waals surface area contributed by atoms with Crippen molar-refractivity contribution in [1.82, 2.24) is 15.2 Å². The summed E-state index contributed by atoms with van der Waals surface area (Å²) in [5, 5.41) is 15.7. The van der Waals surface area contributed by atoms with Gasteiger partial charge in [0.2, 0.25) is 0 Å². The van der Waals surface area contributed by atoms with Crippen molar-refractivity contribution in [3.05, 3.63) is 70.5 Å². The van der Waals surface area contributed by atoms with Gasteiger partial charge in [-0.1, -0.05) is 60.3 Å². The minimum Gasteiger partial charge on any atom is -0.238 e. The molecule has 0 aliphatic heterocycles. The molecule has 0 radical (unpaired) electrons. The highest BCUT2D eigenvalue weighted by Gasteiger charge is 2.16. The fourth-order valence-electron chi connectivity index (χ4n) is 3.16. The van der Waals surface area contributed by atoms with E-state index in [1.807, 2.05) is 13.0 Å². The topological polar surface area (TPSA) is 38.7 Å². The van der Waals surface area contributed by atoms with Gasteiger partial charge in [0.15, 0.2) is 0 Å². The van der Waals surface area contributed by atoms with Gasteiger partial charge in [-0.15, -0.1) is 32.9 Å². The van der Waals surface area contributed by atoms with Crippen LogP contribution in [0.15, 0.2) is 65.0 Å². The van der Waals surface area contributed by atoms with Crippen molar-refractivity contribution >= 4 is 55.4 Å². The summed E-state index contributed by atoms with van der Waals surface area (Å²) < 4.78 is 1.13. The molecule has 3 heterocycles. The van der Waals surface area contributed by atoms with Crippen molar-refractivity contribution in [3.8, 4) is 10.6 Å². The molecule has 27 heavy (non-hydrogen) atoms. The van der Waals surface area contributed by atoms with Gasteiger partial charge >= 0.3 is 0 Å². The van der Waals surface area contributed by atoms with Crippen LogP contribution in [0.25, 0.3) is 31.6 Å².